The van der Waals surface area contributed by atoms with E-state index >= 15 is 0 Å². The number of aliphatic hydroxyl groups is 1. The average Bonchev–Trinajstić information content (AvgIpc) is 2.52. The summed E-state index contributed by atoms with van der Waals surface area (Å²) < 4.78 is 0. The van der Waals surface area contributed by atoms with Crippen molar-refractivity contribution in [3.63, 3.8) is 0 Å². The fraction of sp³-hybridized carbons (Fsp3) is 0.647. The third-order valence-corrected chi connectivity index (χ3v) is 5.35. The molecule has 1 aromatic rings. The molecule has 1 unspecified atom stereocenters. The van der Waals surface area contributed by atoms with Crippen LogP contribution in [0.3, 0.4) is 0 Å². The predicted molar refractivity (Wildman–Crippen MR) is 95.2 cm³/mol. The molecule has 0 saturated carbocycles. The minimum atomic E-state index is -0.0963. The highest BCUT2D eigenvalue weighted by molar-refractivity contribution is 7.98. The molecule has 0 fully saturated rings. The van der Waals surface area contributed by atoms with E-state index in [4.69, 9.17) is 11.6 Å². The van der Waals surface area contributed by atoms with Gasteiger partial charge >= 0.3 is 0 Å². The topological polar surface area (TPSA) is 32.3 Å². The van der Waals surface area contributed by atoms with Gasteiger partial charge in [-0.05, 0) is 49.6 Å². The van der Waals surface area contributed by atoms with Crippen molar-refractivity contribution in [2.45, 2.75) is 50.8 Å². The molecule has 120 valence electrons. The maximum absolute atomic E-state index is 9.69. The van der Waals surface area contributed by atoms with Crippen LogP contribution in [0.15, 0.2) is 24.3 Å². The van der Waals surface area contributed by atoms with Crippen molar-refractivity contribution in [3.8, 4) is 0 Å². The molecule has 0 spiro atoms. The molecular formula is C17H28ClNOS. The van der Waals surface area contributed by atoms with Gasteiger partial charge in [0.2, 0.25) is 0 Å². The van der Waals surface area contributed by atoms with Crippen LogP contribution in [-0.2, 0) is 5.75 Å². The van der Waals surface area contributed by atoms with Crippen LogP contribution in [0.25, 0.3) is 0 Å². The highest BCUT2D eigenvalue weighted by atomic mass is 35.5. The SMILES string of the molecule is CCCNC(CC)(CO)CCCSCc1ccccc1Cl. The molecule has 2 N–H and O–H groups in total. The van der Waals surface area contributed by atoms with Crippen LogP contribution in [0, 0.1) is 0 Å². The molecule has 0 aliphatic heterocycles. The van der Waals surface area contributed by atoms with Gasteiger partial charge in [0.15, 0.2) is 0 Å². The summed E-state index contributed by atoms with van der Waals surface area (Å²) in [4.78, 5) is 0. The Morgan fingerprint density at radius 1 is 1.29 bits per heavy atom. The van der Waals surface area contributed by atoms with Gasteiger partial charge in [0.25, 0.3) is 0 Å². The first-order valence-corrected chi connectivity index (χ1v) is 9.37. The van der Waals surface area contributed by atoms with Gasteiger partial charge < -0.3 is 10.4 Å². The number of rotatable bonds is 11. The molecule has 0 aliphatic carbocycles. The first-order chi connectivity index (χ1) is 10.2. The van der Waals surface area contributed by atoms with Gasteiger partial charge in [-0.2, -0.15) is 11.8 Å². The third-order valence-electron chi connectivity index (χ3n) is 3.89. The number of benzene rings is 1. The fourth-order valence-electron chi connectivity index (χ4n) is 2.34. The first kappa shape index (κ1) is 18.8. The van der Waals surface area contributed by atoms with E-state index in [0.717, 1.165) is 48.8 Å². The lowest BCUT2D eigenvalue weighted by atomic mass is 9.91. The van der Waals surface area contributed by atoms with Crippen LogP contribution < -0.4 is 5.32 Å². The second-order valence-corrected chi connectivity index (χ2v) is 6.98. The summed E-state index contributed by atoms with van der Waals surface area (Å²) in [5.74, 6) is 2.06. The molecule has 0 saturated heterocycles. The van der Waals surface area contributed by atoms with Crippen LogP contribution in [-0.4, -0.2) is 29.5 Å². The Labute approximate surface area is 138 Å². The maximum Gasteiger partial charge on any atom is 0.0613 e. The molecule has 1 rings (SSSR count). The van der Waals surface area contributed by atoms with Crippen molar-refractivity contribution in [2.24, 2.45) is 0 Å². The molecule has 1 atom stereocenters. The summed E-state index contributed by atoms with van der Waals surface area (Å²) >= 11 is 8.07. The lowest BCUT2D eigenvalue weighted by Crippen LogP contribution is -2.48. The Morgan fingerprint density at radius 3 is 2.67 bits per heavy atom. The smallest absolute Gasteiger partial charge is 0.0613 e. The molecule has 0 aromatic heterocycles. The van der Waals surface area contributed by atoms with Gasteiger partial charge in [-0.15, -0.1) is 0 Å². The molecule has 4 heteroatoms. The van der Waals surface area contributed by atoms with E-state index in [1.54, 1.807) is 0 Å². The molecule has 0 amide bonds. The molecule has 0 aliphatic rings. The van der Waals surface area contributed by atoms with Gasteiger partial charge in [0, 0.05) is 16.3 Å². The van der Waals surface area contributed by atoms with E-state index in [9.17, 15) is 5.11 Å². The van der Waals surface area contributed by atoms with Crippen LogP contribution in [0.2, 0.25) is 5.02 Å². The molecule has 0 heterocycles. The maximum atomic E-state index is 9.69. The van der Waals surface area contributed by atoms with Crippen molar-refractivity contribution in [3.05, 3.63) is 34.9 Å². The fourth-order valence-corrected chi connectivity index (χ4v) is 3.58. The average molecular weight is 330 g/mol. The van der Waals surface area contributed by atoms with Crippen molar-refractivity contribution in [1.82, 2.24) is 5.32 Å². The number of nitrogens with one attached hydrogen (secondary N) is 1. The Hall–Kier alpha value is -0.220. The zero-order chi connectivity index (χ0) is 15.6. The number of aliphatic hydroxyl groups excluding tert-OH is 1. The van der Waals surface area contributed by atoms with Gasteiger partial charge in [-0.3, -0.25) is 0 Å². The van der Waals surface area contributed by atoms with Gasteiger partial charge in [-0.25, -0.2) is 0 Å². The van der Waals surface area contributed by atoms with E-state index < -0.39 is 0 Å². The van der Waals surface area contributed by atoms with E-state index in [2.05, 4.69) is 25.2 Å². The zero-order valence-electron chi connectivity index (χ0n) is 13.2. The minimum Gasteiger partial charge on any atom is -0.394 e. The number of halogens is 1. The Balaban J connectivity index is 2.30. The quantitative estimate of drug-likeness (QED) is 0.586. The summed E-state index contributed by atoms with van der Waals surface area (Å²) in [6.07, 6.45) is 4.21. The van der Waals surface area contributed by atoms with Gasteiger partial charge in [0.05, 0.1) is 6.61 Å². The lowest BCUT2D eigenvalue weighted by Gasteiger charge is -2.32. The molecule has 2 nitrogen and oxygen atoms in total. The summed E-state index contributed by atoms with van der Waals surface area (Å²) in [5.41, 5.74) is 1.11. The molecular weight excluding hydrogens is 302 g/mol. The van der Waals surface area contributed by atoms with Crippen molar-refractivity contribution in [2.75, 3.05) is 18.9 Å². The highest BCUT2D eigenvalue weighted by Crippen LogP contribution is 2.23. The number of hydrogen-bond acceptors (Lipinski definition) is 3. The molecule has 1 aromatic carbocycles. The lowest BCUT2D eigenvalue weighted by molar-refractivity contribution is 0.146. The minimum absolute atomic E-state index is 0.0963. The summed E-state index contributed by atoms with van der Waals surface area (Å²) in [6.45, 7) is 5.50. The number of hydrogen-bond donors (Lipinski definition) is 2. The van der Waals surface area contributed by atoms with E-state index in [-0.39, 0.29) is 12.1 Å². The third kappa shape index (κ3) is 6.60. The zero-order valence-corrected chi connectivity index (χ0v) is 14.8. The Kier molecular flexibility index (Phi) is 9.41. The van der Waals surface area contributed by atoms with Crippen molar-refractivity contribution < 1.29 is 5.11 Å². The van der Waals surface area contributed by atoms with Crippen LogP contribution >= 0.6 is 23.4 Å². The standard InChI is InChI=1S/C17H28ClNOS/c1-3-11-19-17(4-2,14-20)10-7-12-21-13-15-8-5-6-9-16(15)18/h5-6,8-9,19-20H,3-4,7,10-14H2,1-2H3. The van der Waals surface area contributed by atoms with Crippen LogP contribution in [0.5, 0.6) is 0 Å². The first-order valence-electron chi connectivity index (χ1n) is 7.84. The predicted octanol–water partition coefficient (Wildman–Crippen LogP) is 4.49. The second kappa shape index (κ2) is 10.5. The van der Waals surface area contributed by atoms with E-state index in [1.807, 2.05) is 30.0 Å². The molecule has 0 radical (unpaired) electrons. The van der Waals surface area contributed by atoms with Crippen LogP contribution in [0.4, 0.5) is 0 Å². The summed E-state index contributed by atoms with van der Waals surface area (Å²) in [5, 5.41) is 14.1. The number of thioether (sulfide) groups is 1. The van der Waals surface area contributed by atoms with Crippen LogP contribution in [0.1, 0.15) is 45.1 Å². The second-order valence-electron chi connectivity index (χ2n) is 5.47. The summed E-state index contributed by atoms with van der Waals surface area (Å²) in [6, 6.07) is 8.03. The Morgan fingerprint density at radius 2 is 2.05 bits per heavy atom. The highest BCUT2D eigenvalue weighted by Gasteiger charge is 2.25. The van der Waals surface area contributed by atoms with E-state index in [0.29, 0.717) is 0 Å². The Bertz CT molecular complexity index is 396. The summed E-state index contributed by atoms with van der Waals surface area (Å²) in [7, 11) is 0. The van der Waals surface area contributed by atoms with Crippen molar-refractivity contribution >= 4 is 23.4 Å². The van der Waals surface area contributed by atoms with E-state index in [1.165, 1.54) is 5.56 Å². The van der Waals surface area contributed by atoms with Crippen molar-refractivity contribution in [1.29, 1.82) is 0 Å². The molecule has 0 bridgehead atoms. The molecule has 21 heavy (non-hydrogen) atoms. The van der Waals surface area contributed by atoms with Gasteiger partial charge in [-0.1, -0.05) is 43.6 Å². The van der Waals surface area contributed by atoms with Gasteiger partial charge in [0.1, 0.15) is 0 Å². The monoisotopic (exact) mass is 329 g/mol. The normalized spacial score (nSPS) is 14.1. The largest absolute Gasteiger partial charge is 0.394 e.